The lowest BCUT2D eigenvalue weighted by molar-refractivity contribution is 0.0487. The molecular weight excluding hydrogens is 250 g/mol. The Morgan fingerprint density at radius 2 is 1.50 bits per heavy atom. The molecule has 0 aliphatic carbocycles. The minimum absolute atomic E-state index is 0.0897. The monoisotopic (exact) mass is 269 g/mol. The van der Waals surface area contributed by atoms with Crippen LogP contribution in [-0.4, -0.2) is 29.0 Å². The van der Waals surface area contributed by atoms with Crippen molar-refractivity contribution in [3.63, 3.8) is 0 Å². The van der Waals surface area contributed by atoms with Gasteiger partial charge in [-0.05, 0) is 24.6 Å². The van der Waals surface area contributed by atoms with Crippen molar-refractivity contribution in [3.05, 3.63) is 71.8 Å². The van der Waals surface area contributed by atoms with Gasteiger partial charge in [-0.3, -0.25) is 4.79 Å². The normalized spacial score (nSPS) is 13.6. The van der Waals surface area contributed by atoms with Crippen LogP contribution in [0.4, 0.5) is 0 Å². The maximum Gasteiger partial charge on any atom is 0.253 e. The van der Waals surface area contributed by atoms with Crippen molar-refractivity contribution in [1.29, 1.82) is 0 Å². The summed E-state index contributed by atoms with van der Waals surface area (Å²) in [7, 11) is 1.71. The number of rotatable bonds is 4. The van der Waals surface area contributed by atoms with Gasteiger partial charge in [-0.25, -0.2) is 0 Å². The van der Waals surface area contributed by atoms with Gasteiger partial charge >= 0.3 is 0 Å². The molecule has 0 unspecified atom stereocenters. The van der Waals surface area contributed by atoms with Crippen molar-refractivity contribution in [2.45, 2.75) is 19.1 Å². The third-order valence-electron chi connectivity index (χ3n) is 3.55. The number of amides is 1. The van der Waals surface area contributed by atoms with Crippen LogP contribution in [0, 0.1) is 0 Å². The molecule has 2 aromatic rings. The van der Waals surface area contributed by atoms with Crippen molar-refractivity contribution >= 4 is 5.91 Å². The zero-order chi connectivity index (χ0) is 14.5. The number of likely N-dealkylation sites (N-methyl/N-ethyl adjacent to an activating group) is 1. The number of aliphatic hydroxyl groups is 1. The van der Waals surface area contributed by atoms with E-state index in [4.69, 9.17) is 0 Å². The molecule has 0 bridgehead atoms. The van der Waals surface area contributed by atoms with Crippen molar-refractivity contribution in [1.82, 2.24) is 4.90 Å². The second kappa shape index (κ2) is 6.35. The maximum atomic E-state index is 12.3. The number of hydrogen-bond donors (Lipinski definition) is 1. The molecule has 0 spiro atoms. The Labute approximate surface area is 119 Å². The number of carbonyl (C=O) groups is 1. The molecule has 20 heavy (non-hydrogen) atoms. The summed E-state index contributed by atoms with van der Waals surface area (Å²) in [4.78, 5) is 13.9. The Morgan fingerprint density at radius 1 is 1.00 bits per heavy atom. The first-order valence-corrected chi connectivity index (χ1v) is 6.66. The minimum Gasteiger partial charge on any atom is -0.386 e. The molecule has 3 nitrogen and oxygen atoms in total. The fourth-order valence-electron chi connectivity index (χ4n) is 2.11. The van der Waals surface area contributed by atoms with E-state index < -0.39 is 6.10 Å². The lowest BCUT2D eigenvalue weighted by atomic mass is 10.0. The highest BCUT2D eigenvalue weighted by Crippen LogP contribution is 2.21. The largest absolute Gasteiger partial charge is 0.386 e. The predicted molar refractivity (Wildman–Crippen MR) is 79.4 cm³/mol. The molecule has 0 aromatic heterocycles. The molecule has 0 saturated carbocycles. The number of nitrogens with zero attached hydrogens (tertiary/aromatic N) is 1. The van der Waals surface area contributed by atoms with Crippen LogP contribution >= 0.6 is 0 Å². The van der Waals surface area contributed by atoms with Gasteiger partial charge in [0.15, 0.2) is 0 Å². The van der Waals surface area contributed by atoms with Crippen molar-refractivity contribution < 1.29 is 9.90 Å². The molecule has 3 heteroatoms. The Morgan fingerprint density at radius 3 is 2.05 bits per heavy atom. The van der Waals surface area contributed by atoms with Crippen LogP contribution in [0.25, 0.3) is 0 Å². The van der Waals surface area contributed by atoms with Gasteiger partial charge < -0.3 is 10.0 Å². The molecular formula is C17H19NO2. The molecule has 0 fully saturated rings. The fourth-order valence-corrected chi connectivity index (χ4v) is 2.11. The van der Waals surface area contributed by atoms with Crippen molar-refractivity contribution in [3.8, 4) is 0 Å². The van der Waals surface area contributed by atoms with Gasteiger partial charge in [-0.2, -0.15) is 0 Å². The summed E-state index contributed by atoms with van der Waals surface area (Å²) in [6.45, 7) is 1.85. The molecule has 2 aromatic carbocycles. The standard InChI is InChI=1S/C17H19NO2/c1-13(16(19)14-9-5-3-6-10-14)18(2)17(20)15-11-7-4-8-12-15/h3-13,16,19H,1-2H3/t13-,16-/m0/s1. The summed E-state index contributed by atoms with van der Waals surface area (Å²) < 4.78 is 0. The number of carbonyl (C=O) groups excluding carboxylic acids is 1. The van der Waals surface area contributed by atoms with Gasteiger partial charge in [0, 0.05) is 12.6 Å². The molecule has 0 aliphatic heterocycles. The molecule has 104 valence electrons. The van der Waals surface area contributed by atoms with Gasteiger partial charge in [-0.1, -0.05) is 48.5 Å². The lowest BCUT2D eigenvalue weighted by Gasteiger charge is -2.29. The SMILES string of the molecule is C[C@@H]([C@H](O)c1ccccc1)N(C)C(=O)c1ccccc1. The van der Waals surface area contributed by atoms with Crippen LogP contribution in [0.3, 0.4) is 0 Å². The quantitative estimate of drug-likeness (QED) is 0.927. The Kier molecular flexibility index (Phi) is 4.53. The van der Waals surface area contributed by atoms with E-state index in [0.717, 1.165) is 5.56 Å². The summed E-state index contributed by atoms with van der Waals surface area (Å²) in [6.07, 6.45) is -0.700. The zero-order valence-corrected chi connectivity index (χ0v) is 11.7. The summed E-state index contributed by atoms with van der Waals surface area (Å²) in [5.41, 5.74) is 1.44. The molecule has 2 atom stereocenters. The van der Waals surface area contributed by atoms with Gasteiger partial charge in [0.2, 0.25) is 0 Å². The summed E-state index contributed by atoms with van der Waals surface area (Å²) in [5.74, 6) is -0.0897. The van der Waals surface area contributed by atoms with Crippen LogP contribution in [0.5, 0.6) is 0 Å². The average molecular weight is 269 g/mol. The number of benzene rings is 2. The molecule has 0 saturated heterocycles. The van der Waals surface area contributed by atoms with Crippen LogP contribution in [0.15, 0.2) is 60.7 Å². The molecule has 0 radical (unpaired) electrons. The van der Waals surface area contributed by atoms with E-state index in [1.165, 1.54) is 0 Å². The van der Waals surface area contributed by atoms with Crippen LogP contribution in [-0.2, 0) is 0 Å². The first-order chi connectivity index (χ1) is 9.61. The third-order valence-corrected chi connectivity index (χ3v) is 3.55. The maximum absolute atomic E-state index is 12.3. The van der Waals surface area contributed by atoms with Crippen molar-refractivity contribution in [2.24, 2.45) is 0 Å². The number of aliphatic hydroxyl groups excluding tert-OH is 1. The molecule has 0 aliphatic rings. The topological polar surface area (TPSA) is 40.5 Å². The fraction of sp³-hybridized carbons (Fsp3) is 0.235. The third kappa shape index (κ3) is 3.06. The number of hydrogen-bond acceptors (Lipinski definition) is 2. The Balaban J connectivity index is 2.13. The van der Waals surface area contributed by atoms with E-state index in [-0.39, 0.29) is 11.9 Å². The first kappa shape index (κ1) is 14.3. The Hall–Kier alpha value is -2.13. The van der Waals surface area contributed by atoms with Crippen molar-refractivity contribution in [2.75, 3.05) is 7.05 Å². The molecule has 1 amide bonds. The first-order valence-electron chi connectivity index (χ1n) is 6.66. The van der Waals surface area contributed by atoms with E-state index in [9.17, 15) is 9.90 Å². The van der Waals surface area contributed by atoms with E-state index >= 15 is 0 Å². The summed E-state index contributed by atoms with van der Waals surface area (Å²) in [6, 6.07) is 18.2. The van der Waals surface area contributed by atoms with E-state index in [1.54, 1.807) is 24.1 Å². The summed E-state index contributed by atoms with van der Waals surface area (Å²) >= 11 is 0. The summed E-state index contributed by atoms with van der Waals surface area (Å²) in [5, 5.41) is 10.4. The highest BCUT2D eigenvalue weighted by molar-refractivity contribution is 5.94. The van der Waals surface area contributed by atoms with Crippen LogP contribution < -0.4 is 0 Å². The van der Waals surface area contributed by atoms with Gasteiger partial charge in [-0.15, -0.1) is 0 Å². The van der Waals surface area contributed by atoms with Gasteiger partial charge in [0.1, 0.15) is 0 Å². The smallest absolute Gasteiger partial charge is 0.253 e. The second-order valence-corrected chi connectivity index (χ2v) is 4.88. The predicted octanol–water partition coefficient (Wildman–Crippen LogP) is 2.88. The second-order valence-electron chi connectivity index (χ2n) is 4.88. The molecule has 0 heterocycles. The van der Waals surface area contributed by atoms with Gasteiger partial charge in [0.05, 0.1) is 12.1 Å². The van der Waals surface area contributed by atoms with Crippen LogP contribution in [0.2, 0.25) is 0 Å². The zero-order valence-electron chi connectivity index (χ0n) is 11.7. The highest BCUT2D eigenvalue weighted by Gasteiger charge is 2.24. The highest BCUT2D eigenvalue weighted by atomic mass is 16.3. The average Bonchev–Trinajstić information content (AvgIpc) is 2.53. The van der Waals surface area contributed by atoms with Crippen LogP contribution in [0.1, 0.15) is 28.9 Å². The lowest BCUT2D eigenvalue weighted by Crippen LogP contribution is -2.39. The van der Waals surface area contributed by atoms with Gasteiger partial charge in [0.25, 0.3) is 5.91 Å². The molecule has 1 N–H and O–H groups in total. The van der Waals surface area contributed by atoms with E-state index in [2.05, 4.69) is 0 Å². The minimum atomic E-state index is -0.700. The van der Waals surface area contributed by atoms with E-state index in [0.29, 0.717) is 5.56 Å². The van der Waals surface area contributed by atoms with E-state index in [1.807, 2.05) is 55.5 Å². The molecule has 2 rings (SSSR count). The Bertz CT molecular complexity index is 554.